The lowest BCUT2D eigenvalue weighted by atomic mass is 10.0. The lowest BCUT2D eigenvalue weighted by Gasteiger charge is -2.07. The van der Waals surface area contributed by atoms with E-state index in [0.717, 1.165) is 28.2 Å². The van der Waals surface area contributed by atoms with Crippen molar-refractivity contribution < 1.29 is 19.0 Å². The molecule has 0 heterocycles. The minimum atomic E-state index is -0.364. The molecule has 0 amide bonds. The summed E-state index contributed by atoms with van der Waals surface area (Å²) in [4.78, 5) is 12.3. The highest BCUT2D eigenvalue weighted by atomic mass is 16.5. The molecule has 3 rings (SSSR count). The van der Waals surface area contributed by atoms with Crippen LogP contribution in [0.1, 0.15) is 16.7 Å². The highest BCUT2D eigenvalue weighted by Gasteiger charge is 2.08. The summed E-state index contributed by atoms with van der Waals surface area (Å²) in [5.74, 6) is 1.52. The summed E-state index contributed by atoms with van der Waals surface area (Å²) >= 11 is 0. The topological polar surface area (TPSA) is 68.5 Å². The number of esters is 1. The van der Waals surface area contributed by atoms with Crippen molar-refractivity contribution in [3.8, 4) is 23.3 Å². The van der Waals surface area contributed by atoms with Gasteiger partial charge in [0.25, 0.3) is 0 Å². The molecule has 0 saturated carbocycles. The average molecular weight is 399 g/mol. The van der Waals surface area contributed by atoms with Crippen LogP contribution < -0.4 is 14.2 Å². The Morgan fingerprint density at radius 2 is 1.53 bits per heavy atom. The number of benzene rings is 3. The first kappa shape index (κ1) is 20.7. The second-order valence-electron chi connectivity index (χ2n) is 6.47. The fraction of sp³-hybridized carbons (Fsp3) is 0.120. The summed E-state index contributed by atoms with van der Waals surface area (Å²) in [6.45, 7) is 0. The summed E-state index contributed by atoms with van der Waals surface area (Å²) in [7, 11) is 3.19. The molecule has 150 valence electrons. The van der Waals surface area contributed by atoms with Crippen LogP contribution in [0.3, 0.4) is 0 Å². The van der Waals surface area contributed by atoms with Gasteiger partial charge in [0, 0.05) is 0 Å². The lowest BCUT2D eigenvalue weighted by Crippen LogP contribution is -2.11. The molecule has 0 saturated heterocycles. The zero-order chi connectivity index (χ0) is 21.3. The van der Waals surface area contributed by atoms with E-state index in [2.05, 4.69) is 6.07 Å². The first-order valence-corrected chi connectivity index (χ1v) is 9.31. The van der Waals surface area contributed by atoms with Crippen LogP contribution in [0.5, 0.6) is 17.2 Å². The Bertz CT molecular complexity index is 1080. The summed E-state index contributed by atoms with van der Waals surface area (Å²) in [5.41, 5.74) is 2.87. The van der Waals surface area contributed by atoms with Gasteiger partial charge in [-0.25, -0.2) is 0 Å². The predicted octanol–water partition coefficient (Wildman–Crippen LogP) is 4.92. The molecule has 0 aliphatic carbocycles. The molecule has 5 heteroatoms. The van der Waals surface area contributed by atoms with Crippen molar-refractivity contribution in [1.29, 1.82) is 5.26 Å². The van der Waals surface area contributed by atoms with E-state index in [4.69, 9.17) is 14.2 Å². The van der Waals surface area contributed by atoms with Crippen LogP contribution in [0.25, 0.3) is 11.6 Å². The summed E-state index contributed by atoms with van der Waals surface area (Å²) in [6, 6.07) is 23.8. The van der Waals surface area contributed by atoms with E-state index in [1.54, 1.807) is 62.8 Å². The Morgan fingerprint density at radius 3 is 2.13 bits per heavy atom. The Balaban J connectivity index is 1.71. The number of ether oxygens (including phenoxy) is 3. The average Bonchev–Trinajstić information content (AvgIpc) is 2.78. The molecule has 0 aliphatic rings. The molecular formula is C25H21NO4. The molecule has 3 aromatic carbocycles. The number of methoxy groups -OCH3 is 2. The first-order valence-electron chi connectivity index (χ1n) is 9.31. The zero-order valence-corrected chi connectivity index (χ0v) is 16.8. The van der Waals surface area contributed by atoms with Crippen LogP contribution in [0, 0.1) is 11.3 Å². The van der Waals surface area contributed by atoms with Gasteiger partial charge in [0.15, 0.2) is 0 Å². The van der Waals surface area contributed by atoms with Gasteiger partial charge in [-0.05, 0) is 71.3 Å². The second-order valence-corrected chi connectivity index (χ2v) is 6.47. The van der Waals surface area contributed by atoms with E-state index in [-0.39, 0.29) is 12.4 Å². The third-order valence-electron chi connectivity index (χ3n) is 4.43. The lowest BCUT2D eigenvalue weighted by molar-refractivity contribution is -0.133. The van der Waals surface area contributed by atoms with Crippen LogP contribution in [-0.2, 0) is 11.2 Å². The maximum Gasteiger partial charge on any atom is 0.315 e. The summed E-state index contributed by atoms with van der Waals surface area (Å²) in [5, 5.41) is 9.54. The van der Waals surface area contributed by atoms with Crippen molar-refractivity contribution in [2.45, 2.75) is 6.42 Å². The number of allylic oxidation sites excluding steroid dienone is 1. The van der Waals surface area contributed by atoms with Crippen molar-refractivity contribution >= 4 is 17.6 Å². The van der Waals surface area contributed by atoms with Gasteiger partial charge in [-0.1, -0.05) is 24.3 Å². The van der Waals surface area contributed by atoms with Crippen LogP contribution >= 0.6 is 0 Å². The van der Waals surface area contributed by atoms with Gasteiger partial charge in [-0.3, -0.25) is 4.79 Å². The summed E-state index contributed by atoms with van der Waals surface area (Å²) in [6.07, 6.45) is 1.90. The summed E-state index contributed by atoms with van der Waals surface area (Å²) < 4.78 is 15.7. The van der Waals surface area contributed by atoms with Crippen LogP contribution in [0.4, 0.5) is 0 Å². The van der Waals surface area contributed by atoms with Gasteiger partial charge in [0.2, 0.25) is 0 Å². The van der Waals surface area contributed by atoms with E-state index in [1.165, 1.54) is 0 Å². The number of nitrogens with zero attached hydrogens (tertiary/aromatic N) is 1. The van der Waals surface area contributed by atoms with E-state index in [0.29, 0.717) is 11.3 Å². The number of carbonyl (C=O) groups is 1. The molecule has 0 atom stereocenters. The maximum atomic E-state index is 12.3. The molecule has 30 heavy (non-hydrogen) atoms. The predicted molar refractivity (Wildman–Crippen MR) is 115 cm³/mol. The molecule has 0 aliphatic heterocycles. The minimum Gasteiger partial charge on any atom is -0.497 e. The number of rotatable bonds is 7. The normalized spacial score (nSPS) is 10.8. The van der Waals surface area contributed by atoms with Crippen LogP contribution in [0.15, 0.2) is 72.8 Å². The maximum absolute atomic E-state index is 12.3. The van der Waals surface area contributed by atoms with Gasteiger partial charge in [-0.15, -0.1) is 0 Å². The molecular weight excluding hydrogens is 378 g/mol. The number of hydrogen-bond donors (Lipinski definition) is 0. The number of carbonyl (C=O) groups excluding carboxylic acids is 1. The number of hydrogen-bond acceptors (Lipinski definition) is 5. The van der Waals surface area contributed by atoms with Crippen molar-refractivity contribution in [1.82, 2.24) is 0 Å². The Labute approximate surface area is 175 Å². The van der Waals surface area contributed by atoms with E-state index in [1.807, 2.05) is 30.3 Å². The molecule has 0 fully saturated rings. The number of nitriles is 1. The Hall–Kier alpha value is -4.04. The highest BCUT2D eigenvalue weighted by molar-refractivity contribution is 5.90. The van der Waals surface area contributed by atoms with Gasteiger partial charge < -0.3 is 14.2 Å². The Morgan fingerprint density at radius 1 is 0.900 bits per heavy atom. The smallest absolute Gasteiger partial charge is 0.315 e. The van der Waals surface area contributed by atoms with Gasteiger partial charge in [0.1, 0.15) is 17.2 Å². The zero-order valence-electron chi connectivity index (χ0n) is 16.8. The fourth-order valence-electron chi connectivity index (χ4n) is 2.86. The van der Waals surface area contributed by atoms with Gasteiger partial charge in [0.05, 0.1) is 32.3 Å². The third kappa shape index (κ3) is 5.49. The molecule has 0 unspecified atom stereocenters. The van der Waals surface area contributed by atoms with E-state index in [9.17, 15) is 10.1 Å². The molecule has 0 aromatic heterocycles. The largest absolute Gasteiger partial charge is 0.497 e. The van der Waals surface area contributed by atoms with Crippen molar-refractivity contribution in [2.75, 3.05) is 14.2 Å². The molecule has 3 aromatic rings. The third-order valence-corrected chi connectivity index (χ3v) is 4.43. The molecule has 5 nitrogen and oxygen atoms in total. The van der Waals surface area contributed by atoms with Crippen LogP contribution in [-0.4, -0.2) is 20.2 Å². The SMILES string of the molecule is COc1ccc(CC(=O)Oc2cccc(/C=C(/C#N)c3ccc(OC)cc3)c2)cc1. The molecule has 0 spiro atoms. The highest BCUT2D eigenvalue weighted by Crippen LogP contribution is 2.23. The van der Waals surface area contributed by atoms with Crippen molar-refractivity contribution in [3.63, 3.8) is 0 Å². The van der Waals surface area contributed by atoms with E-state index < -0.39 is 0 Å². The van der Waals surface area contributed by atoms with Gasteiger partial charge in [-0.2, -0.15) is 5.26 Å². The molecule has 0 N–H and O–H groups in total. The second kappa shape index (κ2) is 9.94. The molecule has 0 bridgehead atoms. The fourth-order valence-corrected chi connectivity index (χ4v) is 2.86. The van der Waals surface area contributed by atoms with Crippen molar-refractivity contribution in [2.24, 2.45) is 0 Å². The van der Waals surface area contributed by atoms with Gasteiger partial charge >= 0.3 is 5.97 Å². The monoisotopic (exact) mass is 399 g/mol. The minimum absolute atomic E-state index is 0.152. The van der Waals surface area contributed by atoms with Crippen molar-refractivity contribution in [3.05, 3.63) is 89.5 Å². The standard InChI is InChI=1S/C25H21NO4/c1-28-22-10-6-18(7-11-22)16-25(27)30-24-5-3-4-19(15-24)14-21(17-26)20-8-12-23(29-2)13-9-20/h3-15H,16H2,1-2H3/b21-14-. The molecule has 0 radical (unpaired) electrons. The van der Waals surface area contributed by atoms with Crippen LogP contribution in [0.2, 0.25) is 0 Å². The van der Waals surface area contributed by atoms with E-state index >= 15 is 0 Å². The first-order chi connectivity index (χ1) is 14.6. The quantitative estimate of drug-likeness (QED) is 0.244. The Kier molecular flexibility index (Phi) is 6.86.